The molecule has 0 atom stereocenters. The molecule has 0 unspecified atom stereocenters. The molecular formula is C11H16BrCl. The van der Waals surface area contributed by atoms with Crippen LogP contribution in [0, 0.1) is 0 Å². The number of hydrogen-bond acceptors (Lipinski definition) is 0. The molecule has 0 bridgehead atoms. The van der Waals surface area contributed by atoms with Gasteiger partial charge in [-0.05, 0) is 23.6 Å². The van der Waals surface area contributed by atoms with Crippen LogP contribution in [0.25, 0.3) is 0 Å². The van der Waals surface area contributed by atoms with E-state index >= 15 is 0 Å². The first kappa shape index (κ1) is 13.0. The summed E-state index contributed by atoms with van der Waals surface area (Å²) in [7, 11) is 0. The van der Waals surface area contributed by atoms with Gasteiger partial charge in [0.25, 0.3) is 0 Å². The zero-order chi connectivity index (χ0) is 10.4. The third kappa shape index (κ3) is 4.15. The van der Waals surface area contributed by atoms with Crippen LogP contribution in [0.15, 0.2) is 22.7 Å². The van der Waals surface area contributed by atoms with E-state index in [0.29, 0.717) is 5.92 Å². The van der Waals surface area contributed by atoms with Crippen molar-refractivity contribution in [3.63, 3.8) is 0 Å². The van der Waals surface area contributed by atoms with Crippen LogP contribution in [0.2, 0.25) is 5.02 Å². The Morgan fingerprint density at radius 1 is 1.23 bits per heavy atom. The summed E-state index contributed by atoms with van der Waals surface area (Å²) in [5, 5.41) is 0.779. The smallest absolute Gasteiger partial charge is 0.0417 e. The molecule has 0 saturated carbocycles. The fourth-order valence-corrected chi connectivity index (χ4v) is 2.11. The summed E-state index contributed by atoms with van der Waals surface area (Å²) in [6, 6.07) is 5.90. The molecule has 13 heavy (non-hydrogen) atoms. The molecule has 1 aromatic carbocycles. The molecule has 0 aromatic heterocycles. The van der Waals surface area contributed by atoms with E-state index in [0.717, 1.165) is 9.50 Å². The zero-order valence-corrected chi connectivity index (χ0v) is 10.9. The van der Waals surface area contributed by atoms with E-state index in [-0.39, 0.29) is 0 Å². The van der Waals surface area contributed by atoms with Crippen molar-refractivity contribution in [2.24, 2.45) is 0 Å². The molecule has 0 aliphatic heterocycles. The summed E-state index contributed by atoms with van der Waals surface area (Å²) in [5.74, 6) is 0.543. The molecule has 74 valence electrons. The van der Waals surface area contributed by atoms with Crippen molar-refractivity contribution in [3.8, 4) is 0 Å². The molecule has 0 saturated heterocycles. The first-order valence-corrected chi connectivity index (χ1v) is 5.73. The Morgan fingerprint density at radius 2 is 1.77 bits per heavy atom. The second kappa shape index (κ2) is 6.44. The van der Waals surface area contributed by atoms with Crippen LogP contribution >= 0.6 is 27.5 Å². The van der Waals surface area contributed by atoms with Gasteiger partial charge in [0.15, 0.2) is 0 Å². The Bertz CT molecular complexity index is 256. The molecule has 0 radical (unpaired) electrons. The van der Waals surface area contributed by atoms with Gasteiger partial charge in [-0.3, -0.25) is 0 Å². The van der Waals surface area contributed by atoms with Crippen molar-refractivity contribution >= 4 is 27.5 Å². The lowest BCUT2D eigenvalue weighted by molar-refractivity contribution is 0.861. The highest BCUT2D eigenvalue weighted by Gasteiger charge is 2.03. The lowest BCUT2D eigenvalue weighted by Crippen LogP contribution is -1.87. The predicted molar refractivity (Wildman–Crippen MR) is 64.6 cm³/mol. The van der Waals surface area contributed by atoms with E-state index in [1.54, 1.807) is 0 Å². The van der Waals surface area contributed by atoms with Gasteiger partial charge in [-0.15, -0.1) is 0 Å². The Morgan fingerprint density at radius 3 is 2.15 bits per heavy atom. The van der Waals surface area contributed by atoms with Gasteiger partial charge in [-0.25, -0.2) is 0 Å². The summed E-state index contributed by atoms with van der Waals surface area (Å²) in [6.45, 7) is 8.32. The van der Waals surface area contributed by atoms with Crippen LogP contribution in [-0.4, -0.2) is 0 Å². The number of hydrogen-bond donors (Lipinski definition) is 0. The highest BCUT2D eigenvalue weighted by Crippen LogP contribution is 2.27. The maximum atomic E-state index is 5.79. The van der Waals surface area contributed by atoms with Gasteiger partial charge in [0.1, 0.15) is 0 Å². The molecule has 1 aromatic rings. The van der Waals surface area contributed by atoms with E-state index < -0.39 is 0 Å². The minimum absolute atomic E-state index is 0.543. The first-order chi connectivity index (χ1) is 6.11. The summed E-state index contributed by atoms with van der Waals surface area (Å²) in [6.07, 6.45) is 0. The van der Waals surface area contributed by atoms with E-state index in [1.165, 1.54) is 5.56 Å². The number of benzene rings is 1. The molecule has 0 spiro atoms. The third-order valence-corrected chi connectivity index (χ3v) is 2.51. The molecular weight excluding hydrogens is 247 g/mol. The van der Waals surface area contributed by atoms with Gasteiger partial charge in [0.2, 0.25) is 0 Å². The van der Waals surface area contributed by atoms with Gasteiger partial charge in [-0.2, -0.15) is 0 Å². The van der Waals surface area contributed by atoms with Crippen LogP contribution in [0.1, 0.15) is 39.2 Å². The average Bonchev–Trinajstić information content (AvgIpc) is 2.07. The van der Waals surface area contributed by atoms with Crippen LogP contribution in [0.5, 0.6) is 0 Å². The van der Waals surface area contributed by atoms with Crippen molar-refractivity contribution in [2.75, 3.05) is 0 Å². The van der Waals surface area contributed by atoms with E-state index in [1.807, 2.05) is 26.0 Å². The van der Waals surface area contributed by atoms with Gasteiger partial charge >= 0.3 is 0 Å². The van der Waals surface area contributed by atoms with Crippen molar-refractivity contribution in [1.29, 1.82) is 0 Å². The Kier molecular flexibility index (Phi) is 6.44. The van der Waals surface area contributed by atoms with Gasteiger partial charge in [-0.1, -0.05) is 61.3 Å². The summed E-state index contributed by atoms with van der Waals surface area (Å²) in [5.41, 5.74) is 1.30. The predicted octanol–water partition coefficient (Wildman–Crippen LogP) is 5.25. The minimum Gasteiger partial charge on any atom is -0.0843 e. The van der Waals surface area contributed by atoms with E-state index in [2.05, 4.69) is 35.8 Å². The first-order valence-electron chi connectivity index (χ1n) is 4.56. The second-order valence-corrected chi connectivity index (χ2v) is 4.11. The summed E-state index contributed by atoms with van der Waals surface area (Å²) >= 11 is 9.25. The van der Waals surface area contributed by atoms with Crippen LogP contribution in [0.4, 0.5) is 0 Å². The Labute approximate surface area is 94.4 Å². The van der Waals surface area contributed by atoms with E-state index in [4.69, 9.17) is 11.6 Å². The van der Waals surface area contributed by atoms with Gasteiger partial charge < -0.3 is 0 Å². The van der Waals surface area contributed by atoms with Crippen molar-refractivity contribution in [2.45, 2.75) is 33.6 Å². The monoisotopic (exact) mass is 262 g/mol. The molecule has 0 aliphatic carbocycles. The highest BCUT2D eigenvalue weighted by atomic mass is 79.9. The van der Waals surface area contributed by atoms with Gasteiger partial charge in [0, 0.05) is 9.50 Å². The molecule has 0 heterocycles. The van der Waals surface area contributed by atoms with Crippen LogP contribution in [0.3, 0.4) is 0 Å². The second-order valence-electron chi connectivity index (χ2n) is 2.82. The summed E-state index contributed by atoms with van der Waals surface area (Å²) in [4.78, 5) is 0. The minimum atomic E-state index is 0.543. The van der Waals surface area contributed by atoms with Crippen molar-refractivity contribution in [3.05, 3.63) is 33.3 Å². The standard InChI is InChI=1S/C9H10BrCl.C2H6/c1-6(2)8-4-3-7(11)5-9(8)10;1-2/h3-6H,1-2H3;1-2H3. The zero-order valence-electron chi connectivity index (χ0n) is 8.57. The molecule has 0 aliphatic rings. The number of halogens is 2. The van der Waals surface area contributed by atoms with Crippen molar-refractivity contribution < 1.29 is 0 Å². The highest BCUT2D eigenvalue weighted by molar-refractivity contribution is 9.10. The quantitative estimate of drug-likeness (QED) is 0.649. The normalized spacial score (nSPS) is 9.46. The van der Waals surface area contributed by atoms with E-state index in [9.17, 15) is 0 Å². The lowest BCUT2D eigenvalue weighted by atomic mass is 10.0. The number of rotatable bonds is 1. The Hall–Kier alpha value is -0.0100. The molecule has 0 N–H and O–H groups in total. The lowest BCUT2D eigenvalue weighted by Gasteiger charge is -2.07. The maximum absolute atomic E-state index is 5.79. The fourth-order valence-electron chi connectivity index (χ4n) is 0.970. The van der Waals surface area contributed by atoms with Gasteiger partial charge in [0.05, 0.1) is 0 Å². The summed E-state index contributed by atoms with van der Waals surface area (Å²) < 4.78 is 1.10. The molecule has 0 nitrogen and oxygen atoms in total. The largest absolute Gasteiger partial charge is 0.0843 e. The third-order valence-electron chi connectivity index (χ3n) is 1.58. The molecule has 2 heteroatoms. The maximum Gasteiger partial charge on any atom is 0.0417 e. The average molecular weight is 264 g/mol. The molecule has 1 rings (SSSR count). The van der Waals surface area contributed by atoms with Crippen LogP contribution < -0.4 is 0 Å². The topological polar surface area (TPSA) is 0 Å². The molecule has 0 fully saturated rings. The fraction of sp³-hybridized carbons (Fsp3) is 0.455. The SMILES string of the molecule is CC.CC(C)c1ccc(Cl)cc1Br. The van der Waals surface area contributed by atoms with Crippen molar-refractivity contribution in [1.82, 2.24) is 0 Å². The molecule has 0 amide bonds. The van der Waals surface area contributed by atoms with Crippen LogP contribution in [-0.2, 0) is 0 Å². The Balaban J connectivity index is 0.000000671.